The van der Waals surface area contributed by atoms with Gasteiger partial charge in [-0.25, -0.2) is 4.57 Å². The number of carbonyl (C=O) groups is 1. The van der Waals surface area contributed by atoms with Crippen LogP contribution in [-0.4, -0.2) is 73.4 Å². The van der Waals surface area contributed by atoms with E-state index >= 15 is 0 Å². The smallest absolute Gasteiger partial charge is 0.387 e. The number of aliphatic hydroxyl groups excluding tert-OH is 1. The first kappa shape index (κ1) is 61.9. The zero-order valence-electron chi connectivity index (χ0n) is 41.9. The Hall–Kier alpha value is -3.10. The van der Waals surface area contributed by atoms with Gasteiger partial charge in [0.1, 0.15) is 13.2 Å². The average molecular weight is 924 g/mol. The van der Waals surface area contributed by atoms with Gasteiger partial charge in [0.05, 0.1) is 39.9 Å². The van der Waals surface area contributed by atoms with Gasteiger partial charge < -0.3 is 19.8 Å². The molecule has 0 aromatic rings. The second-order valence-corrected chi connectivity index (χ2v) is 19.3. The van der Waals surface area contributed by atoms with Crippen LogP contribution in [0.15, 0.2) is 122 Å². The van der Waals surface area contributed by atoms with Crippen LogP contribution in [0.2, 0.25) is 0 Å². The number of aliphatic hydroxyl groups is 1. The minimum Gasteiger partial charge on any atom is -0.387 e. The molecule has 9 heteroatoms. The summed E-state index contributed by atoms with van der Waals surface area (Å²) >= 11 is 0. The van der Waals surface area contributed by atoms with Crippen molar-refractivity contribution < 1.29 is 32.9 Å². The van der Waals surface area contributed by atoms with Crippen molar-refractivity contribution in [1.82, 2.24) is 5.32 Å². The number of hydrogen-bond acceptors (Lipinski definition) is 5. The molecule has 0 saturated carbocycles. The number of nitrogens with one attached hydrogen (secondary N) is 1. The lowest BCUT2D eigenvalue weighted by Gasteiger charge is -2.25. The molecule has 3 atom stereocenters. The maximum absolute atomic E-state index is 12.8. The number of unbranched alkanes of at least 4 members (excludes halogenated alkanes) is 13. The van der Waals surface area contributed by atoms with Crippen molar-refractivity contribution in [2.45, 2.75) is 187 Å². The van der Waals surface area contributed by atoms with E-state index in [2.05, 4.69) is 129 Å². The second kappa shape index (κ2) is 46.0. The van der Waals surface area contributed by atoms with Gasteiger partial charge in [-0.05, 0) is 89.9 Å². The zero-order valence-corrected chi connectivity index (χ0v) is 42.8. The molecular formula is C56H96N2O6P+. The third-order valence-electron chi connectivity index (χ3n) is 10.4. The summed E-state index contributed by atoms with van der Waals surface area (Å²) in [5.74, 6) is -0.196. The van der Waals surface area contributed by atoms with Crippen molar-refractivity contribution in [3.05, 3.63) is 122 Å². The minimum atomic E-state index is -4.34. The SMILES string of the molecule is CC/C=C\C/C=C\C/C=C\C/C=C\C/C=C\C/C=C\C/C=C\C/C=C\C/C=C\CCCCCCCCCCCC(=O)NC(COP(=O)(O)OCC[N+](C)(C)C)C(O)/C=C/CCCCCC. The average Bonchev–Trinajstić information content (AvgIpc) is 3.26. The Kier molecular flexibility index (Phi) is 43.8. The predicted octanol–water partition coefficient (Wildman–Crippen LogP) is 15.0. The first-order valence-corrected chi connectivity index (χ1v) is 26.9. The maximum atomic E-state index is 12.8. The Bertz CT molecular complexity index is 1460. The molecule has 0 bridgehead atoms. The van der Waals surface area contributed by atoms with Crippen LogP contribution < -0.4 is 5.32 Å². The van der Waals surface area contributed by atoms with Crippen molar-refractivity contribution in [2.75, 3.05) is 40.9 Å². The fourth-order valence-corrected chi connectivity index (χ4v) is 7.18. The second-order valence-electron chi connectivity index (χ2n) is 17.8. The van der Waals surface area contributed by atoms with Gasteiger partial charge in [-0.1, -0.05) is 200 Å². The monoisotopic (exact) mass is 924 g/mol. The van der Waals surface area contributed by atoms with Gasteiger partial charge in [-0.3, -0.25) is 13.8 Å². The molecule has 0 aromatic heterocycles. The first-order valence-electron chi connectivity index (χ1n) is 25.4. The molecule has 0 aromatic carbocycles. The Morgan fingerprint density at radius 3 is 1.35 bits per heavy atom. The maximum Gasteiger partial charge on any atom is 0.472 e. The topological polar surface area (TPSA) is 105 Å². The van der Waals surface area contributed by atoms with Crippen LogP contribution >= 0.6 is 7.82 Å². The minimum absolute atomic E-state index is 0.0535. The standard InChI is InChI=1S/C56H95N2O6P/c1-6-8-10-12-14-15-16-17-18-19-20-21-22-23-24-25-26-27-28-29-30-31-32-33-34-35-36-37-38-39-40-41-42-43-44-46-48-50-56(60)57-54(55(59)49-47-45-13-11-9-7-2)53-64-65(61,62)63-52-51-58(3,4)5/h8,10,14-15,17-18,20-21,23-24,26-27,29-30,32-33,35-36,47,49,54-55,59H,6-7,9,11-13,16,19,22,25,28,31,34,37-46,48,50-53H2,1-5H3,(H-,57,60,61,62)/p+1/b10-8-,15-14-,18-17-,21-20-,24-23-,27-26-,30-29-,33-32-,36-35-,49-47+. The Labute approximate surface area is 399 Å². The number of carbonyl (C=O) groups excluding carboxylic acids is 1. The van der Waals surface area contributed by atoms with Crippen molar-refractivity contribution >= 4 is 13.7 Å². The van der Waals surface area contributed by atoms with Gasteiger partial charge in [0.15, 0.2) is 0 Å². The third-order valence-corrected chi connectivity index (χ3v) is 11.4. The van der Waals surface area contributed by atoms with Gasteiger partial charge in [0.25, 0.3) is 0 Å². The van der Waals surface area contributed by atoms with Crippen molar-refractivity contribution in [3.63, 3.8) is 0 Å². The number of quaternary nitrogens is 1. The lowest BCUT2D eigenvalue weighted by molar-refractivity contribution is -0.870. The third kappa shape index (κ3) is 48.6. The van der Waals surface area contributed by atoms with Crippen LogP contribution in [0, 0.1) is 0 Å². The van der Waals surface area contributed by atoms with Crippen LogP contribution in [0.25, 0.3) is 0 Å². The summed E-state index contributed by atoms with van der Waals surface area (Å²) in [5, 5.41) is 13.7. The number of hydrogen-bond donors (Lipinski definition) is 3. The molecule has 0 fully saturated rings. The predicted molar refractivity (Wildman–Crippen MR) is 281 cm³/mol. The molecule has 65 heavy (non-hydrogen) atoms. The van der Waals surface area contributed by atoms with E-state index in [1.54, 1.807) is 6.08 Å². The fraction of sp³-hybridized carbons (Fsp3) is 0.625. The van der Waals surface area contributed by atoms with Crippen LogP contribution in [0.4, 0.5) is 0 Å². The highest BCUT2D eigenvalue weighted by Crippen LogP contribution is 2.43. The van der Waals surface area contributed by atoms with Gasteiger partial charge in [0.2, 0.25) is 5.91 Å². The Morgan fingerprint density at radius 1 is 0.538 bits per heavy atom. The van der Waals surface area contributed by atoms with E-state index in [9.17, 15) is 19.4 Å². The normalized spacial score (nSPS) is 15.1. The van der Waals surface area contributed by atoms with Crippen molar-refractivity contribution in [1.29, 1.82) is 0 Å². The van der Waals surface area contributed by atoms with Crippen LogP contribution in [0.5, 0.6) is 0 Å². The van der Waals surface area contributed by atoms with E-state index in [4.69, 9.17) is 9.05 Å². The van der Waals surface area contributed by atoms with E-state index in [1.807, 2.05) is 27.2 Å². The van der Waals surface area contributed by atoms with E-state index in [-0.39, 0.29) is 19.1 Å². The van der Waals surface area contributed by atoms with E-state index in [0.29, 0.717) is 17.4 Å². The summed E-state index contributed by atoms with van der Waals surface area (Å²) in [6.07, 6.45) is 69.0. The van der Waals surface area contributed by atoms with Crippen LogP contribution in [-0.2, 0) is 18.4 Å². The summed E-state index contributed by atoms with van der Waals surface area (Å²) in [6.45, 7) is 4.58. The van der Waals surface area contributed by atoms with Gasteiger partial charge >= 0.3 is 7.82 Å². The molecule has 0 spiro atoms. The number of rotatable bonds is 44. The lowest BCUT2D eigenvalue weighted by atomic mass is 10.1. The molecule has 3 N–H and O–H groups in total. The summed E-state index contributed by atoms with van der Waals surface area (Å²) in [4.78, 5) is 23.0. The molecule has 0 aliphatic carbocycles. The molecule has 370 valence electrons. The Morgan fingerprint density at radius 2 is 0.923 bits per heavy atom. The van der Waals surface area contributed by atoms with Gasteiger partial charge in [-0.15, -0.1) is 0 Å². The summed E-state index contributed by atoms with van der Waals surface area (Å²) in [6, 6.07) is -0.854. The van der Waals surface area contributed by atoms with Crippen LogP contribution in [0.3, 0.4) is 0 Å². The molecule has 0 radical (unpaired) electrons. The summed E-state index contributed by atoms with van der Waals surface area (Å²) in [7, 11) is 1.54. The van der Waals surface area contributed by atoms with Gasteiger partial charge in [-0.2, -0.15) is 0 Å². The molecule has 0 rings (SSSR count). The number of phosphoric acid groups is 1. The number of nitrogens with zero attached hydrogens (tertiary/aromatic N) is 1. The molecule has 8 nitrogen and oxygen atoms in total. The first-order chi connectivity index (χ1) is 31.5. The highest BCUT2D eigenvalue weighted by molar-refractivity contribution is 7.47. The van der Waals surface area contributed by atoms with Gasteiger partial charge in [0, 0.05) is 6.42 Å². The Balaban J connectivity index is 4.00. The number of amides is 1. The molecule has 3 unspecified atom stereocenters. The molecule has 0 heterocycles. The van der Waals surface area contributed by atoms with E-state index in [1.165, 1.54) is 44.9 Å². The molecule has 0 aliphatic rings. The zero-order chi connectivity index (χ0) is 47.8. The fourth-order valence-electron chi connectivity index (χ4n) is 6.44. The van der Waals surface area contributed by atoms with Crippen molar-refractivity contribution in [2.24, 2.45) is 0 Å². The summed E-state index contributed by atoms with van der Waals surface area (Å²) < 4.78 is 23.4. The molecular weight excluding hydrogens is 828 g/mol. The molecule has 0 aliphatic heterocycles. The van der Waals surface area contributed by atoms with E-state index in [0.717, 1.165) is 109 Å². The number of phosphoric ester groups is 1. The largest absolute Gasteiger partial charge is 0.472 e. The molecule has 0 saturated heterocycles. The van der Waals surface area contributed by atoms with E-state index < -0.39 is 20.0 Å². The number of allylic oxidation sites excluding steroid dienone is 19. The number of likely N-dealkylation sites (N-methyl/N-ethyl adjacent to an activating group) is 1. The van der Waals surface area contributed by atoms with Crippen molar-refractivity contribution in [3.8, 4) is 0 Å². The summed E-state index contributed by atoms with van der Waals surface area (Å²) in [5.41, 5.74) is 0. The molecule has 1 amide bonds. The van der Waals surface area contributed by atoms with Crippen LogP contribution in [0.1, 0.15) is 174 Å². The lowest BCUT2D eigenvalue weighted by Crippen LogP contribution is -2.45. The highest BCUT2D eigenvalue weighted by Gasteiger charge is 2.27. The quantitative estimate of drug-likeness (QED) is 0.0243. The highest BCUT2D eigenvalue weighted by atomic mass is 31.2.